The predicted molar refractivity (Wildman–Crippen MR) is 142 cm³/mol. The SMILES string of the molecule is CCN1C(=O)/C(=C\c2ccc(OCc3ccccc3C#N)c(OC)c2)SC1=Nc1ccc(OC)cc1. The highest BCUT2D eigenvalue weighted by atomic mass is 32.2. The number of benzene rings is 3. The second-order valence-electron chi connectivity index (χ2n) is 7.72. The van der Waals surface area contributed by atoms with Crippen molar-refractivity contribution in [1.29, 1.82) is 5.26 Å². The number of amidine groups is 1. The molecule has 0 radical (unpaired) electrons. The Hall–Kier alpha value is -4.22. The van der Waals surface area contributed by atoms with Gasteiger partial charge in [0, 0.05) is 12.1 Å². The Morgan fingerprint density at radius 2 is 1.81 bits per heavy atom. The number of aliphatic imine (C=N–C) groups is 1. The minimum absolute atomic E-state index is 0.0952. The summed E-state index contributed by atoms with van der Waals surface area (Å²) in [6.07, 6.45) is 1.82. The lowest BCUT2D eigenvalue weighted by Crippen LogP contribution is -2.28. The molecular weight excluding hydrogens is 474 g/mol. The van der Waals surface area contributed by atoms with Crippen molar-refractivity contribution in [2.24, 2.45) is 4.99 Å². The molecule has 7 nitrogen and oxygen atoms in total. The Labute approximate surface area is 214 Å². The summed E-state index contributed by atoms with van der Waals surface area (Å²) in [4.78, 5) is 19.9. The van der Waals surface area contributed by atoms with Gasteiger partial charge < -0.3 is 14.2 Å². The number of carbonyl (C=O) groups excluding carboxylic acids is 1. The van der Waals surface area contributed by atoms with Crippen molar-refractivity contribution in [1.82, 2.24) is 4.90 Å². The summed E-state index contributed by atoms with van der Waals surface area (Å²) in [5.74, 6) is 1.74. The molecule has 0 aromatic heterocycles. The number of likely N-dealkylation sites (N-methyl/N-ethyl adjacent to an activating group) is 1. The number of ether oxygens (including phenoxy) is 3. The number of nitrogens with zero attached hydrogens (tertiary/aromatic N) is 3. The lowest BCUT2D eigenvalue weighted by atomic mass is 10.1. The first-order chi connectivity index (χ1) is 17.6. The average Bonchev–Trinajstić information content (AvgIpc) is 3.21. The number of methoxy groups -OCH3 is 2. The molecule has 3 aromatic rings. The first-order valence-electron chi connectivity index (χ1n) is 11.3. The highest BCUT2D eigenvalue weighted by Crippen LogP contribution is 2.36. The van der Waals surface area contributed by atoms with Gasteiger partial charge in [0.05, 0.1) is 36.4 Å². The third-order valence-electron chi connectivity index (χ3n) is 5.51. The van der Waals surface area contributed by atoms with Crippen LogP contribution < -0.4 is 14.2 Å². The van der Waals surface area contributed by atoms with E-state index < -0.39 is 0 Å². The van der Waals surface area contributed by atoms with Crippen molar-refractivity contribution >= 4 is 34.6 Å². The van der Waals surface area contributed by atoms with Crippen LogP contribution >= 0.6 is 11.8 Å². The number of thioether (sulfide) groups is 1. The maximum atomic E-state index is 13.0. The molecule has 3 aromatic carbocycles. The zero-order valence-corrected chi connectivity index (χ0v) is 21.0. The van der Waals surface area contributed by atoms with Crippen LogP contribution in [0.15, 0.2) is 76.6 Å². The molecule has 8 heteroatoms. The molecule has 4 rings (SSSR count). The molecule has 182 valence electrons. The lowest BCUT2D eigenvalue weighted by Gasteiger charge is -2.12. The van der Waals surface area contributed by atoms with Crippen LogP contribution in [0.1, 0.15) is 23.6 Å². The summed E-state index contributed by atoms with van der Waals surface area (Å²) >= 11 is 1.33. The molecule has 0 unspecified atom stereocenters. The Balaban J connectivity index is 1.54. The maximum Gasteiger partial charge on any atom is 0.266 e. The number of carbonyl (C=O) groups is 1. The van der Waals surface area contributed by atoms with Crippen LogP contribution in [0.2, 0.25) is 0 Å². The summed E-state index contributed by atoms with van der Waals surface area (Å²) in [7, 11) is 3.18. The zero-order chi connectivity index (χ0) is 25.5. The Kier molecular flexibility index (Phi) is 7.93. The van der Waals surface area contributed by atoms with Gasteiger partial charge in [-0.25, -0.2) is 4.99 Å². The third kappa shape index (κ3) is 5.53. The van der Waals surface area contributed by atoms with Crippen LogP contribution in [0.5, 0.6) is 17.2 Å². The van der Waals surface area contributed by atoms with Gasteiger partial charge in [0.15, 0.2) is 16.7 Å². The van der Waals surface area contributed by atoms with E-state index in [9.17, 15) is 10.1 Å². The number of hydrogen-bond donors (Lipinski definition) is 0. The fourth-order valence-electron chi connectivity index (χ4n) is 3.59. The quantitative estimate of drug-likeness (QED) is 0.366. The highest BCUT2D eigenvalue weighted by Gasteiger charge is 2.32. The molecule has 1 aliphatic heterocycles. The standard InChI is InChI=1S/C28H25N3O4S/c1-4-31-27(32)26(36-28(31)30-22-10-12-23(33-2)13-11-22)16-19-9-14-24(25(15-19)34-3)35-18-21-8-6-5-7-20(21)17-29/h5-16H,4,18H2,1-3H3/b26-16+,30-28?. The number of amides is 1. The van der Waals surface area contributed by atoms with Gasteiger partial charge in [0.1, 0.15) is 12.4 Å². The third-order valence-corrected chi connectivity index (χ3v) is 6.51. The molecule has 1 fully saturated rings. The van der Waals surface area contributed by atoms with Gasteiger partial charge in [-0.2, -0.15) is 5.26 Å². The molecule has 0 N–H and O–H groups in total. The van der Waals surface area contributed by atoms with Gasteiger partial charge in [0.2, 0.25) is 0 Å². The highest BCUT2D eigenvalue weighted by molar-refractivity contribution is 8.18. The smallest absolute Gasteiger partial charge is 0.266 e. The van der Waals surface area contributed by atoms with Crippen LogP contribution in [0.4, 0.5) is 5.69 Å². The van der Waals surface area contributed by atoms with E-state index in [0.717, 1.165) is 22.6 Å². The van der Waals surface area contributed by atoms with E-state index in [1.165, 1.54) is 11.8 Å². The Morgan fingerprint density at radius 1 is 1.03 bits per heavy atom. The molecular formula is C28H25N3O4S. The van der Waals surface area contributed by atoms with Crippen LogP contribution in [0.25, 0.3) is 6.08 Å². The molecule has 1 heterocycles. The van der Waals surface area contributed by atoms with E-state index in [-0.39, 0.29) is 12.5 Å². The van der Waals surface area contributed by atoms with Crippen molar-refractivity contribution in [2.75, 3.05) is 20.8 Å². The van der Waals surface area contributed by atoms with E-state index in [2.05, 4.69) is 11.1 Å². The second-order valence-corrected chi connectivity index (χ2v) is 8.73. The minimum atomic E-state index is -0.0952. The van der Waals surface area contributed by atoms with E-state index >= 15 is 0 Å². The second kappa shape index (κ2) is 11.5. The number of nitriles is 1. The van der Waals surface area contributed by atoms with E-state index in [0.29, 0.717) is 33.7 Å². The topological polar surface area (TPSA) is 84.2 Å². The van der Waals surface area contributed by atoms with Crippen LogP contribution in [-0.4, -0.2) is 36.7 Å². The number of hydrogen-bond acceptors (Lipinski definition) is 7. The first kappa shape index (κ1) is 24.9. The molecule has 0 bridgehead atoms. The van der Waals surface area contributed by atoms with Gasteiger partial charge in [-0.3, -0.25) is 9.69 Å². The van der Waals surface area contributed by atoms with Crippen molar-refractivity contribution < 1.29 is 19.0 Å². The van der Waals surface area contributed by atoms with E-state index in [4.69, 9.17) is 14.2 Å². The molecule has 1 amide bonds. The fourth-order valence-corrected chi connectivity index (χ4v) is 4.66. The normalized spacial score (nSPS) is 15.3. The summed E-state index contributed by atoms with van der Waals surface area (Å²) in [5.41, 5.74) is 2.91. The lowest BCUT2D eigenvalue weighted by molar-refractivity contribution is -0.122. The van der Waals surface area contributed by atoms with Crippen LogP contribution in [0, 0.1) is 11.3 Å². The largest absolute Gasteiger partial charge is 0.497 e. The predicted octanol–water partition coefficient (Wildman–Crippen LogP) is 5.78. The average molecular weight is 500 g/mol. The Bertz CT molecular complexity index is 1360. The summed E-state index contributed by atoms with van der Waals surface area (Å²) in [6, 6.07) is 22.3. The number of rotatable bonds is 8. The van der Waals surface area contributed by atoms with Crippen molar-refractivity contribution in [3.63, 3.8) is 0 Å². The molecule has 0 spiro atoms. The monoisotopic (exact) mass is 499 g/mol. The van der Waals surface area contributed by atoms with Gasteiger partial charge in [-0.1, -0.05) is 24.3 Å². The van der Waals surface area contributed by atoms with Crippen LogP contribution in [-0.2, 0) is 11.4 Å². The van der Waals surface area contributed by atoms with Crippen molar-refractivity contribution in [3.05, 3.63) is 88.3 Å². The van der Waals surface area contributed by atoms with Gasteiger partial charge >= 0.3 is 0 Å². The molecule has 0 aliphatic carbocycles. The van der Waals surface area contributed by atoms with Crippen LogP contribution in [0.3, 0.4) is 0 Å². The molecule has 36 heavy (non-hydrogen) atoms. The summed E-state index contributed by atoms with van der Waals surface area (Å²) in [6.45, 7) is 2.68. The van der Waals surface area contributed by atoms with E-state index in [1.54, 1.807) is 31.3 Å². The molecule has 1 saturated heterocycles. The van der Waals surface area contributed by atoms with Gasteiger partial charge in [-0.05, 0) is 72.8 Å². The summed E-state index contributed by atoms with van der Waals surface area (Å²) < 4.78 is 16.7. The fraction of sp³-hybridized carbons (Fsp3) is 0.179. The minimum Gasteiger partial charge on any atom is -0.497 e. The van der Waals surface area contributed by atoms with E-state index in [1.807, 2.05) is 67.6 Å². The molecule has 0 saturated carbocycles. The first-order valence-corrected chi connectivity index (χ1v) is 12.1. The Morgan fingerprint density at radius 3 is 2.50 bits per heavy atom. The van der Waals surface area contributed by atoms with Crippen molar-refractivity contribution in [3.8, 4) is 23.3 Å². The maximum absolute atomic E-state index is 13.0. The summed E-state index contributed by atoms with van der Waals surface area (Å²) in [5, 5.41) is 9.91. The van der Waals surface area contributed by atoms with Gasteiger partial charge in [0.25, 0.3) is 5.91 Å². The molecule has 1 aliphatic rings. The molecule has 0 atom stereocenters. The zero-order valence-electron chi connectivity index (χ0n) is 20.2. The van der Waals surface area contributed by atoms with Gasteiger partial charge in [-0.15, -0.1) is 0 Å². The van der Waals surface area contributed by atoms with Crippen molar-refractivity contribution in [2.45, 2.75) is 13.5 Å².